The third kappa shape index (κ3) is 5.04. The van der Waals surface area contributed by atoms with Gasteiger partial charge in [-0.25, -0.2) is 4.98 Å². The molecule has 0 atom stereocenters. The van der Waals surface area contributed by atoms with E-state index in [0.717, 1.165) is 43.2 Å². The highest BCUT2D eigenvalue weighted by atomic mass is 35.5. The first kappa shape index (κ1) is 21.7. The lowest BCUT2D eigenvalue weighted by molar-refractivity contribution is 0.103. The molecular formula is C21H22Cl2N6OS. The number of rotatable bonds is 5. The van der Waals surface area contributed by atoms with Gasteiger partial charge in [-0.05, 0) is 43.4 Å². The molecule has 0 saturated carbocycles. The predicted molar refractivity (Wildman–Crippen MR) is 130 cm³/mol. The molecule has 31 heavy (non-hydrogen) atoms. The lowest BCUT2D eigenvalue weighted by atomic mass is 10.2. The van der Waals surface area contributed by atoms with Crippen LogP contribution in [0.25, 0.3) is 0 Å². The van der Waals surface area contributed by atoms with Gasteiger partial charge in [0.15, 0.2) is 5.13 Å². The molecule has 1 saturated heterocycles. The first-order valence-corrected chi connectivity index (χ1v) is 11.3. The van der Waals surface area contributed by atoms with E-state index >= 15 is 0 Å². The van der Waals surface area contributed by atoms with E-state index in [1.54, 1.807) is 18.2 Å². The normalized spacial score (nSPS) is 14.5. The number of para-hydroxylation sites is 1. The first-order valence-electron chi connectivity index (χ1n) is 9.73. The van der Waals surface area contributed by atoms with Crippen LogP contribution >= 0.6 is 34.5 Å². The predicted octanol–water partition coefficient (Wildman–Crippen LogP) is 4.78. The number of hydrogen-bond donors (Lipinski definition) is 3. The summed E-state index contributed by atoms with van der Waals surface area (Å²) in [5.74, 6) is -0.273. The summed E-state index contributed by atoms with van der Waals surface area (Å²) in [6.07, 6.45) is 0. The van der Waals surface area contributed by atoms with Crippen LogP contribution < -0.4 is 21.3 Å². The molecule has 0 spiro atoms. The maximum atomic E-state index is 12.7. The molecule has 4 N–H and O–H groups in total. The van der Waals surface area contributed by atoms with Crippen molar-refractivity contribution >= 4 is 68.5 Å². The van der Waals surface area contributed by atoms with E-state index < -0.39 is 5.91 Å². The van der Waals surface area contributed by atoms with Crippen LogP contribution in [0, 0.1) is 0 Å². The Hall–Kier alpha value is -2.52. The van der Waals surface area contributed by atoms with Crippen molar-refractivity contribution in [2.24, 2.45) is 0 Å². The number of thiazole rings is 1. The molecule has 1 aliphatic heterocycles. The van der Waals surface area contributed by atoms with Crippen molar-refractivity contribution in [3.05, 3.63) is 57.4 Å². The summed E-state index contributed by atoms with van der Waals surface area (Å²) in [6.45, 7) is 4.14. The van der Waals surface area contributed by atoms with Crippen LogP contribution in [0.4, 0.5) is 28.0 Å². The van der Waals surface area contributed by atoms with Crippen LogP contribution in [-0.4, -0.2) is 49.0 Å². The summed E-state index contributed by atoms with van der Waals surface area (Å²) in [5.41, 5.74) is 8.38. The number of nitrogen functional groups attached to an aromatic ring is 1. The number of benzene rings is 2. The molecule has 4 rings (SSSR count). The molecule has 0 unspecified atom stereocenters. The Morgan fingerprint density at radius 3 is 2.35 bits per heavy atom. The zero-order chi connectivity index (χ0) is 22.0. The summed E-state index contributed by atoms with van der Waals surface area (Å²) in [6, 6.07) is 13.2. The summed E-state index contributed by atoms with van der Waals surface area (Å²) in [7, 11) is 2.14. The van der Waals surface area contributed by atoms with Gasteiger partial charge in [-0.3, -0.25) is 4.79 Å². The van der Waals surface area contributed by atoms with Crippen LogP contribution in [-0.2, 0) is 0 Å². The van der Waals surface area contributed by atoms with Gasteiger partial charge in [0.2, 0.25) is 0 Å². The molecule has 10 heteroatoms. The summed E-state index contributed by atoms with van der Waals surface area (Å²) < 4.78 is 0. The number of nitrogens with two attached hydrogens (primary N) is 1. The summed E-state index contributed by atoms with van der Waals surface area (Å²) in [4.78, 5) is 21.9. The molecule has 1 amide bonds. The Kier molecular flexibility index (Phi) is 6.52. The van der Waals surface area contributed by atoms with Crippen molar-refractivity contribution < 1.29 is 4.79 Å². The molecule has 1 fully saturated rings. The molecule has 3 aromatic rings. The van der Waals surface area contributed by atoms with Gasteiger partial charge in [-0.15, -0.1) is 0 Å². The van der Waals surface area contributed by atoms with Crippen LogP contribution in [0.1, 0.15) is 9.67 Å². The fourth-order valence-corrected chi connectivity index (χ4v) is 4.57. The quantitative estimate of drug-likeness (QED) is 0.491. The maximum absolute atomic E-state index is 12.7. The van der Waals surface area contributed by atoms with Crippen molar-refractivity contribution in [1.29, 1.82) is 0 Å². The Balaban J connectivity index is 1.43. The average Bonchev–Trinajstić information content (AvgIpc) is 3.12. The van der Waals surface area contributed by atoms with Gasteiger partial charge in [0.25, 0.3) is 5.91 Å². The largest absolute Gasteiger partial charge is 0.382 e. The van der Waals surface area contributed by atoms with Crippen LogP contribution in [0.5, 0.6) is 0 Å². The number of anilines is 5. The van der Waals surface area contributed by atoms with Crippen molar-refractivity contribution in [3.8, 4) is 0 Å². The molecule has 0 radical (unpaired) electrons. The first-order chi connectivity index (χ1) is 14.9. The standard InChI is InChI=1S/C21H22Cl2N6OS/c1-28-9-11-29(12-10-28)14-7-5-13(6-8-14)25-21-27-19(24)18(31-21)20(30)26-17-15(22)3-2-4-16(17)23/h2-8H,9-12,24H2,1H3,(H,25,27)(H,26,30). The second kappa shape index (κ2) is 9.32. The van der Waals surface area contributed by atoms with Crippen molar-refractivity contribution in [3.63, 3.8) is 0 Å². The van der Waals surface area contributed by atoms with Crippen molar-refractivity contribution in [1.82, 2.24) is 9.88 Å². The van der Waals surface area contributed by atoms with Crippen LogP contribution in [0.2, 0.25) is 10.0 Å². The second-order valence-electron chi connectivity index (χ2n) is 7.25. The van der Waals surface area contributed by atoms with Gasteiger partial charge in [-0.1, -0.05) is 40.6 Å². The number of nitrogens with one attached hydrogen (secondary N) is 2. The third-order valence-corrected chi connectivity index (χ3v) is 6.66. The van der Waals surface area contributed by atoms with Gasteiger partial charge in [0.1, 0.15) is 10.7 Å². The summed E-state index contributed by atoms with van der Waals surface area (Å²) in [5, 5.41) is 7.15. The minimum atomic E-state index is -0.413. The number of likely N-dealkylation sites (N-methyl/N-ethyl adjacent to an activating group) is 1. The zero-order valence-electron chi connectivity index (χ0n) is 16.9. The molecular weight excluding hydrogens is 455 g/mol. The lowest BCUT2D eigenvalue weighted by Crippen LogP contribution is -2.44. The van der Waals surface area contributed by atoms with Gasteiger partial charge in [0, 0.05) is 37.6 Å². The van der Waals surface area contributed by atoms with E-state index in [1.165, 1.54) is 5.69 Å². The van der Waals surface area contributed by atoms with Gasteiger partial charge >= 0.3 is 0 Å². The maximum Gasteiger partial charge on any atom is 0.269 e. The van der Waals surface area contributed by atoms with Crippen molar-refractivity contribution in [2.75, 3.05) is 54.5 Å². The Bertz CT molecular complexity index is 1060. The highest BCUT2D eigenvalue weighted by molar-refractivity contribution is 7.18. The zero-order valence-corrected chi connectivity index (χ0v) is 19.2. The lowest BCUT2D eigenvalue weighted by Gasteiger charge is -2.34. The SMILES string of the molecule is CN1CCN(c2ccc(Nc3nc(N)c(C(=O)Nc4c(Cl)cccc4Cl)s3)cc2)CC1. The van der Waals surface area contributed by atoms with Crippen molar-refractivity contribution in [2.45, 2.75) is 0 Å². The highest BCUT2D eigenvalue weighted by Gasteiger charge is 2.19. The van der Waals surface area contributed by atoms with E-state index in [4.69, 9.17) is 28.9 Å². The van der Waals surface area contributed by atoms with Gasteiger partial charge in [-0.2, -0.15) is 0 Å². The minimum Gasteiger partial charge on any atom is -0.382 e. The van der Waals surface area contributed by atoms with E-state index in [9.17, 15) is 4.79 Å². The molecule has 0 bridgehead atoms. The van der Waals surface area contributed by atoms with E-state index in [-0.39, 0.29) is 10.7 Å². The monoisotopic (exact) mass is 476 g/mol. The number of hydrogen-bond acceptors (Lipinski definition) is 7. The number of halogens is 2. The molecule has 0 aliphatic carbocycles. The molecule has 1 aliphatic rings. The van der Waals surface area contributed by atoms with E-state index in [1.807, 2.05) is 12.1 Å². The Labute approximate surface area is 194 Å². The fraction of sp³-hybridized carbons (Fsp3) is 0.238. The second-order valence-corrected chi connectivity index (χ2v) is 9.06. The number of carbonyl (C=O) groups is 1. The van der Waals surface area contributed by atoms with E-state index in [0.29, 0.717) is 20.9 Å². The Morgan fingerprint density at radius 1 is 1.06 bits per heavy atom. The highest BCUT2D eigenvalue weighted by Crippen LogP contribution is 2.33. The molecule has 2 aromatic carbocycles. The van der Waals surface area contributed by atoms with E-state index in [2.05, 4.69) is 44.6 Å². The van der Waals surface area contributed by atoms with Crippen LogP contribution in [0.3, 0.4) is 0 Å². The smallest absolute Gasteiger partial charge is 0.269 e. The van der Waals surface area contributed by atoms with Crippen LogP contribution in [0.15, 0.2) is 42.5 Å². The molecule has 2 heterocycles. The topological polar surface area (TPSA) is 86.5 Å². The molecule has 7 nitrogen and oxygen atoms in total. The fourth-order valence-electron chi connectivity index (χ4n) is 3.28. The molecule has 162 valence electrons. The number of aromatic nitrogens is 1. The Morgan fingerprint density at radius 2 is 1.71 bits per heavy atom. The minimum absolute atomic E-state index is 0.141. The number of piperazine rings is 1. The van der Waals surface area contributed by atoms with Gasteiger partial charge < -0.3 is 26.2 Å². The summed E-state index contributed by atoms with van der Waals surface area (Å²) >= 11 is 13.4. The number of carbonyl (C=O) groups excluding carboxylic acids is 1. The molecule has 1 aromatic heterocycles. The average molecular weight is 477 g/mol. The third-order valence-electron chi connectivity index (χ3n) is 5.05. The number of nitrogens with zero attached hydrogens (tertiary/aromatic N) is 3. The van der Waals surface area contributed by atoms with Gasteiger partial charge in [0.05, 0.1) is 15.7 Å². The number of amides is 1.